The topological polar surface area (TPSA) is 55.1 Å². The molecule has 0 atom stereocenters. The zero-order valence-electron chi connectivity index (χ0n) is 11.7. The summed E-state index contributed by atoms with van der Waals surface area (Å²) < 4.78 is 5.16. The Balaban J connectivity index is 2.38. The lowest BCUT2D eigenvalue weighted by molar-refractivity contribution is 0.0948. The summed E-state index contributed by atoms with van der Waals surface area (Å²) in [4.78, 5) is 12.3. The van der Waals surface area contributed by atoms with Crippen LogP contribution in [-0.4, -0.2) is 17.6 Å². The van der Waals surface area contributed by atoms with E-state index in [9.17, 15) is 4.79 Å². The molecule has 0 unspecified atom stereocenters. The van der Waals surface area contributed by atoms with Gasteiger partial charge in [0.2, 0.25) is 0 Å². The number of amides is 1. The molecule has 2 aromatic rings. The molecule has 1 amide bonds. The third-order valence-electron chi connectivity index (χ3n) is 2.89. The van der Waals surface area contributed by atoms with Crippen LogP contribution in [0.2, 0.25) is 5.02 Å². The molecule has 20 heavy (non-hydrogen) atoms. The maximum Gasteiger partial charge on any atom is 0.257 e. The summed E-state index contributed by atoms with van der Waals surface area (Å²) in [6.45, 7) is 6.40. The van der Waals surface area contributed by atoms with E-state index >= 15 is 0 Å². The maximum absolute atomic E-state index is 12.3. The van der Waals surface area contributed by atoms with Crippen LogP contribution in [0.15, 0.2) is 28.8 Å². The molecule has 1 aromatic carbocycles. The summed E-state index contributed by atoms with van der Waals surface area (Å²) in [6, 6.07) is 7.26. The lowest BCUT2D eigenvalue weighted by Gasteiger charge is -2.08. The third-order valence-corrected chi connectivity index (χ3v) is 3.22. The number of carbonyl (C=O) groups excluding carboxylic acids is 1. The number of rotatable bonds is 4. The van der Waals surface area contributed by atoms with Gasteiger partial charge in [-0.25, -0.2) is 0 Å². The first-order chi connectivity index (χ1) is 9.50. The zero-order valence-corrected chi connectivity index (χ0v) is 12.5. The van der Waals surface area contributed by atoms with Crippen molar-refractivity contribution in [2.45, 2.75) is 20.8 Å². The number of carbonyl (C=O) groups is 1. The zero-order chi connectivity index (χ0) is 14.7. The molecule has 0 aliphatic rings. The molecule has 5 heteroatoms. The molecule has 0 aliphatic carbocycles. The van der Waals surface area contributed by atoms with Crippen LogP contribution in [0.25, 0.3) is 11.3 Å². The van der Waals surface area contributed by atoms with Gasteiger partial charge in [0.25, 0.3) is 5.91 Å². The number of aryl methyl sites for hydroxylation is 1. The van der Waals surface area contributed by atoms with Gasteiger partial charge in [0, 0.05) is 12.1 Å². The van der Waals surface area contributed by atoms with Crippen molar-refractivity contribution >= 4 is 17.5 Å². The molecule has 0 aliphatic heterocycles. The Labute approximate surface area is 123 Å². The van der Waals surface area contributed by atoms with E-state index in [-0.39, 0.29) is 5.91 Å². The van der Waals surface area contributed by atoms with Crippen LogP contribution in [0.5, 0.6) is 0 Å². The smallest absolute Gasteiger partial charge is 0.257 e. The highest BCUT2D eigenvalue weighted by molar-refractivity contribution is 6.33. The van der Waals surface area contributed by atoms with E-state index < -0.39 is 0 Å². The van der Waals surface area contributed by atoms with Crippen LogP contribution < -0.4 is 5.32 Å². The Hall–Kier alpha value is -1.81. The van der Waals surface area contributed by atoms with Crippen molar-refractivity contribution < 1.29 is 9.32 Å². The second-order valence-corrected chi connectivity index (χ2v) is 5.45. The van der Waals surface area contributed by atoms with Crippen LogP contribution in [-0.2, 0) is 0 Å². The number of benzene rings is 1. The van der Waals surface area contributed by atoms with E-state index in [0.29, 0.717) is 40.1 Å². The van der Waals surface area contributed by atoms with Crippen molar-refractivity contribution in [1.82, 2.24) is 10.5 Å². The van der Waals surface area contributed by atoms with Crippen LogP contribution in [0.4, 0.5) is 0 Å². The van der Waals surface area contributed by atoms with Gasteiger partial charge in [-0.3, -0.25) is 4.79 Å². The van der Waals surface area contributed by atoms with Crippen LogP contribution in [0.1, 0.15) is 30.0 Å². The van der Waals surface area contributed by atoms with Crippen molar-refractivity contribution in [1.29, 1.82) is 0 Å². The molecule has 0 saturated carbocycles. The molecule has 0 saturated heterocycles. The van der Waals surface area contributed by atoms with Gasteiger partial charge in [0.1, 0.15) is 17.0 Å². The highest BCUT2D eigenvalue weighted by Crippen LogP contribution is 2.30. The Kier molecular flexibility index (Phi) is 4.45. The first-order valence-corrected chi connectivity index (χ1v) is 6.88. The van der Waals surface area contributed by atoms with Gasteiger partial charge < -0.3 is 9.84 Å². The normalized spacial score (nSPS) is 10.8. The first kappa shape index (κ1) is 14.6. The molecule has 0 bridgehead atoms. The van der Waals surface area contributed by atoms with E-state index in [1.165, 1.54) is 0 Å². The molecule has 0 fully saturated rings. The van der Waals surface area contributed by atoms with Gasteiger partial charge in [-0.1, -0.05) is 48.8 Å². The lowest BCUT2D eigenvalue weighted by atomic mass is 10.1. The molecule has 1 N–H and O–H groups in total. The quantitative estimate of drug-likeness (QED) is 0.935. The monoisotopic (exact) mass is 292 g/mol. The van der Waals surface area contributed by atoms with Gasteiger partial charge in [-0.2, -0.15) is 0 Å². The fraction of sp³-hybridized carbons (Fsp3) is 0.333. The van der Waals surface area contributed by atoms with Crippen molar-refractivity contribution in [3.63, 3.8) is 0 Å². The number of hydrogen-bond donors (Lipinski definition) is 1. The number of hydrogen-bond acceptors (Lipinski definition) is 3. The van der Waals surface area contributed by atoms with Gasteiger partial charge in [0.15, 0.2) is 0 Å². The predicted molar refractivity (Wildman–Crippen MR) is 78.9 cm³/mol. The van der Waals surface area contributed by atoms with E-state index in [0.717, 1.165) is 0 Å². The molecule has 1 heterocycles. The number of aromatic nitrogens is 1. The van der Waals surface area contributed by atoms with Gasteiger partial charge in [-0.15, -0.1) is 0 Å². The van der Waals surface area contributed by atoms with Crippen molar-refractivity contribution in [3.05, 3.63) is 40.6 Å². The number of nitrogens with one attached hydrogen (secondary N) is 1. The Morgan fingerprint density at radius 1 is 1.40 bits per heavy atom. The van der Waals surface area contributed by atoms with Crippen LogP contribution in [0.3, 0.4) is 0 Å². The Morgan fingerprint density at radius 3 is 2.75 bits per heavy atom. The molecule has 0 radical (unpaired) electrons. The Morgan fingerprint density at radius 2 is 2.10 bits per heavy atom. The number of nitrogens with zero attached hydrogens (tertiary/aromatic N) is 1. The van der Waals surface area contributed by atoms with E-state index in [2.05, 4.69) is 10.5 Å². The maximum atomic E-state index is 12.3. The van der Waals surface area contributed by atoms with Crippen LogP contribution in [0, 0.1) is 12.8 Å². The fourth-order valence-corrected chi connectivity index (χ4v) is 2.09. The molecule has 4 nitrogen and oxygen atoms in total. The van der Waals surface area contributed by atoms with E-state index in [4.69, 9.17) is 16.1 Å². The average molecular weight is 293 g/mol. The summed E-state index contributed by atoms with van der Waals surface area (Å²) >= 11 is 6.16. The third kappa shape index (κ3) is 3.02. The summed E-state index contributed by atoms with van der Waals surface area (Å²) in [5.74, 6) is 0.677. The van der Waals surface area contributed by atoms with Gasteiger partial charge in [-0.05, 0) is 18.9 Å². The molecule has 0 spiro atoms. The first-order valence-electron chi connectivity index (χ1n) is 6.50. The minimum absolute atomic E-state index is 0.188. The van der Waals surface area contributed by atoms with E-state index in [1.807, 2.05) is 32.0 Å². The molecule has 106 valence electrons. The molecule has 2 rings (SSSR count). The summed E-state index contributed by atoms with van der Waals surface area (Å²) in [5.41, 5.74) is 1.62. The van der Waals surface area contributed by atoms with Gasteiger partial charge in [0.05, 0.1) is 5.02 Å². The average Bonchev–Trinajstić information content (AvgIpc) is 2.78. The molecular weight excluding hydrogens is 276 g/mol. The van der Waals surface area contributed by atoms with Crippen LogP contribution >= 0.6 is 11.6 Å². The highest BCUT2D eigenvalue weighted by atomic mass is 35.5. The van der Waals surface area contributed by atoms with Crippen molar-refractivity contribution in [2.75, 3.05) is 6.54 Å². The van der Waals surface area contributed by atoms with Crippen molar-refractivity contribution in [3.8, 4) is 11.3 Å². The SMILES string of the molecule is Cc1onc(-c2ccccc2Cl)c1C(=O)NCC(C)C. The standard InChI is InChI=1S/C15H17ClN2O2/c1-9(2)8-17-15(19)13-10(3)20-18-14(13)11-6-4-5-7-12(11)16/h4-7,9H,8H2,1-3H3,(H,17,19). The summed E-state index contributed by atoms with van der Waals surface area (Å²) in [6.07, 6.45) is 0. The largest absolute Gasteiger partial charge is 0.360 e. The molecular formula is C15H17ClN2O2. The number of halogens is 1. The predicted octanol–water partition coefficient (Wildman–Crippen LogP) is 3.69. The second kappa shape index (κ2) is 6.09. The highest BCUT2D eigenvalue weighted by Gasteiger charge is 2.22. The minimum atomic E-state index is -0.188. The summed E-state index contributed by atoms with van der Waals surface area (Å²) in [5, 5.41) is 7.39. The van der Waals surface area contributed by atoms with E-state index in [1.54, 1.807) is 13.0 Å². The lowest BCUT2D eigenvalue weighted by Crippen LogP contribution is -2.27. The Bertz CT molecular complexity index is 620. The van der Waals surface area contributed by atoms with Gasteiger partial charge >= 0.3 is 0 Å². The molecule has 1 aromatic heterocycles. The summed E-state index contributed by atoms with van der Waals surface area (Å²) in [7, 11) is 0. The fourth-order valence-electron chi connectivity index (χ4n) is 1.86. The second-order valence-electron chi connectivity index (χ2n) is 5.05. The van der Waals surface area contributed by atoms with Crippen molar-refractivity contribution in [2.24, 2.45) is 5.92 Å². The minimum Gasteiger partial charge on any atom is -0.360 e.